The van der Waals surface area contributed by atoms with Crippen molar-refractivity contribution in [2.24, 2.45) is 0 Å². The number of nitro benzene ring substituents is 1. The molecule has 1 heterocycles. The molecule has 0 radical (unpaired) electrons. The van der Waals surface area contributed by atoms with Crippen molar-refractivity contribution in [3.8, 4) is 5.75 Å². The largest absolute Gasteiger partial charge is 0.489 e. The zero-order valence-corrected chi connectivity index (χ0v) is 12.0. The standard InChI is InChI=1S/C16H14N2O4/c1-17-9-12-8-14(5-6-15(12)16(17)19)22-10-11-3-2-4-13(7-11)18(20)21/h2-8H,9-10H2,1H3. The fourth-order valence-corrected chi connectivity index (χ4v) is 2.46. The summed E-state index contributed by atoms with van der Waals surface area (Å²) in [6.07, 6.45) is 0. The second-order valence-electron chi connectivity index (χ2n) is 5.20. The van der Waals surface area contributed by atoms with Crippen LogP contribution in [-0.2, 0) is 13.2 Å². The zero-order chi connectivity index (χ0) is 15.7. The van der Waals surface area contributed by atoms with E-state index in [1.807, 2.05) is 6.07 Å². The molecule has 0 saturated heterocycles. The molecule has 0 fully saturated rings. The van der Waals surface area contributed by atoms with Gasteiger partial charge in [-0.3, -0.25) is 14.9 Å². The van der Waals surface area contributed by atoms with Gasteiger partial charge in [0.25, 0.3) is 11.6 Å². The third kappa shape index (κ3) is 2.63. The van der Waals surface area contributed by atoms with Crippen molar-refractivity contribution in [1.82, 2.24) is 4.90 Å². The van der Waals surface area contributed by atoms with Gasteiger partial charge in [-0.05, 0) is 29.3 Å². The molecule has 0 bridgehead atoms. The van der Waals surface area contributed by atoms with Crippen LogP contribution >= 0.6 is 0 Å². The molecular weight excluding hydrogens is 284 g/mol. The molecule has 0 unspecified atom stereocenters. The molecule has 1 amide bonds. The lowest BCUT2D eigenvalue weighted by Gasteiger charge is -2.07. The van der Waals surface area contributed by atoms with E-state index in [0.717, 1.165) is 11.1 Å². The summed E-state index contributed by atoms with van der Waals surface area (Å²) in [5, 5.41) is 10.7. The molecule has 2 aromatic rings. The minimum atomic E-state index is -0.430. The van der Waals surface area contributed by atoms with Crippen LogP contribution in [0.2, 0.25) is 0 Å². The van der Waals surface area contributed by atoms with Gasteiger partial charge in [0, 0.05) is 31.3 Å². The lowest BCUT2D eigenvalue weighted by Crippen LogP contribution is -2.17. The Balaban J connectivity index is 1.73. The number of nitrogens with zero attached hydrogens (tertiary/aromatic N) is 2. The van der Waals surface area contributed by atoms with Gasteiger partial charge in [-0.2, -0.15) is 0 Å². The SMILES string of the molecule is CN1Cc2cc(OCc3cccc([N+](=O)[O-])c3)ccc2C1=O. The molecule has 1 aliphatic heterocycles. The van der Waals surface area contributed by atoms with Crippen LogP contribution in [0.15, 0.2) is 42.5 Å². The number of hydrogen-bond acceptors (Lipinski definition) is 4. The van der Waals surface area contributed by atoms with E-state index < -0.39 is 4.92 Å². The van der Waals surface area contributed by atoms with Crippen LogP contribution < -0.4 is 4.74 Å². The summed E-state index contributed by atoms with van der Waals surface area (Å²) in [7, 11) is 1.76. The van der Waals surface area contributed by atoms with Gasteiger partial charge in [-0.25, -0.2) is 0 Å². The Morgan fingerprint density at radius 1 is 1.27 bits per heavy atom. The first-order valence-electron chi connectivity index (χ1n) is 6.79. The summed E-state index contributed by atoms with van der Waals surface area (Å²) >= 11 is 0. The second kappa shape index (κ2) is 5.48. The highest BCUT2D eigenvalue weighted by molar-refractivity contribution is 5.98. The molecule has 0 N–H and O–H groups in total. The number of carbonyl (C=O) groups is 1. The number of ether oxygens (including phenoxy) is 1. The number of fused-ring (bicyclic) bond motifs is 1. The van der Waals surface area contributed by atoms with Crippen molar-refractivity contribution in [3.63, 3.8) is 0 Å². The van der Waals surface area contributed by atoms with Crippen molar-refractivity contribution >= 4 is 11.6 Å². The van der Waals surface area contributed by atoms with Crippen molar-refractivity contribution in [2.45, 2.75) is 13.2 Å². The first kappa shape index (κ1) is 14.1. The fraction of sp³-hybridized carbons (Fsp3) is 0.188. The fourth-order valence-electron chi connectivity index (χ4n) is 2.46. The smallest absolute Gasteiger partial charge is 0.269 e. The zero-order valence-electron chi connectivity index (χ0n) is 12.0. The lowest BCUT2D eigenvalue weighted by molar-refractivity contribution is -0.384. The van der Waals surface area contributed by atoms with Gasteiger partial charge in [0.2, 0.25) is 0 Å². The number of rotatable bonds is 4. The first-order valence-corrected chi connectivity index (χ1v) is 6.79. The highest BCUT2D eigenvalue weighted by atomic mass is 16.6. The van der Waals surface area contributed by atoms with E-state index in [9.17, 15) is 14.9 Å². The number of nitro groups is 1. The van der Waals surface area contributed by atoms with E-state index in [0.29, 0.717) is 17.9 Å². The monoisotopic (exact) mass is 298 g/mol. The average Bonchev–Trinajstić information content (AvgIpc) is 2.80. The summed E-state index contributed by atoms with van der Waals surface area (Å²) < 4.78 is 5.67. The van der Waals surface area contributed by atoms with E-state index >= 15 is 0 Å². The Labute approximate surface area is 127 Å². The van der Waals surface area contributed by atoms with Crippen LogP contribution in [0.1, 0.15) is 21.5 Å². The van der Waals surface area contributed by atoms with Crippen LogP contribution in [0.4, 0.5) is 5.69 Å². The Morgan fingerprint density at radius 3 is 2.86 bits per heavy atom. The minimum absolute atomic E-state index is 0.0141. The normalized spacial score (nSPS) is 13.1. The van der Waals surface area contributed by atoms with Crippen molar-refractivity contribution < 1.29 is 14.5 Å². The molecule has 3 rings (SSSR count). The summed E-state index contributed by atoms with van der Waals surface area (Å²) in [6, 6.07) is 11.7. The highest BCUT2D eigenvalue weighted by Gasteiger charge is 2.24. The third-order valence-electron chi connectivity index (χ3n) is 3.59. The maximum Gasteiger partial charge on any atom is 0.269 e. The Hall–Kier alpha value is -2.89. The van der Waals surface area contributed by atoms with Crippen molar-refractivity contribution in [1.29, 1.82) is 0 Å². The Morgan fingerprint density at radius 2 is 2.09 bits per heavy atom. The van der Waals surface area contributed by atoms with Crippen LogP contribution in [0, 0.1) is 10.1 Å². The van der Waals surface area contributed by atoms with Gasteiger partial charge in [-0.15, -0.1) is 0 Å². The van der Waals surface area contributed by atoms with E-state index in [2.05, 4.69) is 0 Å². The van der Waals surface area contributed by atoms with Gasteiger partial charge in [0.1, 0.15) is 12.4 Å². The molecule has 0 aliphatic carbocycles. The van der Waals surface area contributed by atoms with Crippen LogP contribution in [0.5, 0.6) is 5.75 Å². The molecule has 112 valence electrons. The molecular formula is C16H14N2O4. The molecule has 0 saturated carbocycles. The third-order valence-corrected chi connectivity index (χ3v) is 3.59. The quantitative estimate of drug-likeness (QED) is 0.642. The average molecular weight is 298 g/mol. The topological polar surface area (TPSA) is 72.7 Å². The number of carbonyl (C=O) groups excluding carboxylic acids is 1. The molecule has 0 spiro atoms. The Bertz CT molecular complexity index is 758. The summed E-state index contributed by atoms with van der Waals surface area (Å²) in [5.41, 5.74) is 2.40. The maximum atomic E-state index is 11.8. The number of hydrogen-bond donors (Lipinski definition) is 0. The molecule has 22 heavy (non-hydrogen) atoms. The number of amides is 1. The predicted molar refractivity (Wildman–Crippen MR) is 79.7 cm³/mol. The molecule has 0 atom stereocenters. The molecule has 6 nitrogen and oxygen atoms in total. The highest BCUT2D eigenvalue weighted by Crippen LogP contribution is 2.26. The lowest BCUT2D eigenvalue weighted by atomic mass is 10.1. The minimum Gasteiger partial charge on any atom is -0.489 e. The van der Waals surface area contributed by atoms with Crippen LogP contribution in [-0.4, -0.2) is 22.8 Å². The molecule has 2 aromatic carbocycles. The summed E-state index contributed by atoms with van der Waals surface area (Å²) in [6.45, 7) is 0.812. The molecule has 1 aliphatic rings. The summed E-state index contributed by atoms with van der Waals surface area (Å²) in [4.78, 5) is 23.8. The van der Waals surface area contributed by atoms with E-state index in [4.69, 9.17) is 4.74 Å². The van der Waals surface area contributed by atoms with Gasteiger partial charge in [0.15, 0.2) is 0 Å². The molecule has 6 heteroatoms. The predicted octanol–water partition coefficient (Wildman–Crippen LogP) is 2.76. The first-order chi connectivity index (χ1) is 10.5. The van der Waals surface area contributed by atoms with E-state index in [1.165, 1.54) is 12.1 Å². The maximum absolute atomic E-state index is 11.8. The van der Waals surface area contributed by atoms with E-state index in [-0.39, 0.29) is 18.2 Å². The second-order valence-corrected chi connectivity index (χ2v) is 5.20. The number of benzene rings is 2. The molecule has 0 aromatic heterocycles. The van der Waals surface area contributed by atoms with Gasteiger partial charge in [0.05, 0.1) is 4.92 Å². The van der Waals surface area contributed by atoms with E-state index in [1.54, 1.807) is 36.2 Å². The van der Waals surface area contributed by atoms with Crippen molar-refractivity contribution in [3.05, 3.63) is 69.3 Å². The van der Waals surface area contributed by atoms with Crippen molar-refractivity contribution in [2.75, 3.05) is 7.05 Å². The number of non-ortho nitro benzene ring substituents is 1. The van der Waals surface area contributed by atoms with Gasteiger partial charge >= 0.3 is 0 Å². The Kier molecular flexibility index (Phi) is 3.50. The summed E-state index contributed by atoms with van der Waals surface area (Å²) in [5.74, 6) is 0.661. The van der Waals surface area contributed by atoms with Gasteiger partial charge in [-0.1, -0.05) is 12.1 Å². The van der Waals surface area contributed by atoms with Gasteiger partial charge < -0.3 is 9.64 Å². The van der Waals surface area contributed by atoms with Crippen LogP contribution in [0.3, 0.4) is 0 Å². The van der Waals surface area contributed by atoms with Crippen LogP contribution in [0.25, 0.3) is 0 Å².